The summed E-state index contributed by atoms with van der Waals surface area (Å²) < 4.78 is 15.7. The molecule has 10 heteroatoms. The molecular weight excluding hydrogens is 746 g/mol. The molecule has 176 valence electrons. The molecule has 0 saturated carbocycles. The quantitative estimate of drug-likeness (QED) is 0.278. The van der Waals surface area contributed by atoms with Gasteiger partial charge in [0.05, 0.1) is 42.7 Å². The third-order valence-electron chi connectivity index (χ3n) is 5.23. The number of halogens is 3. The zero-order valence-corrected chi connectivity index (χ0v) is 25.1. The van der Waals surface area contributed by atoms with Crippen molar-refractivity contribution in [1.29, 1.82) is 0 Å². The lowest BCUT2D eigenvalue weighted by Gasteiger charge is -2.24. The van der Waals surface area contributed by atoms with Gasteiger partial charge in [0, 0.05) is 4.47 Å². The first-order valence-electron chi connectivity index (χ1n) is 10.2. The van der Waals surface area contributed by atoms with E-state index in [1.165, 1.54) is 11.3 Å². The Hall–Kier alpha value is -1.51. The Balaban J connectivity index is 1.94. The fraction of sp³-hybridized carbons (Fsp3) is 0.208. The van der Waals surface area contributed by atoms with Gasteiger partial charge >= 0.3 is 5.97 Å². The predicted molar refractivity (Wildman–Crippen MR) is 153 cm³/mol. The fourth-order valence-corrected chi connectivity index (χ4v) is 7.33. The highest BCUT2D eigenvalue weighted by atomic mass is 127. The second-order valence-electron chi connectivity index (χ2n) is 7.37. The van der Waals surface area contributed by atoms with Crippen molar-refractivity contribution in [2.45, 2.75) is 19.9 Å². The van der Waals surface area contributed by atoms with Crippen LogP contribution in [-0.2, 0) is 9.53 Å². The van der Waals surface area contributed by atoms with E-state index in [2.05, 4.69) is 66.1 Å². The Kier molecular flexibility index (Phi) is 7.99. The summed E-state index contributed by atoms with van der Waals surface area (Å²) in [7, 11) is 1.64. The Morgan fingerprint density at radius 2 is 1.88 bits per heavy atom. The number of methoxy groups -OCH3 is 1. The van der Waals surface area contributed by atoms with Crippen molar-refractivity contribution in [3.05, 3.63) is 90.1 Å². The smallest absolute Gasteiger partial charge is 0.338 e. The first kappa shape index (κ1) is 25.6. The number of ether oxygens (including phenoxy) is 2. The van der Waals surface area contributed by atoms with Crippen LogP contribution in [0.2, 0.25) is 0 Å². The second kappa shape index (κ2) is 10.6. The number of rotatable bonds is 5. The number of benzene rings is 2. The lowest BCUT2D eigenvalue weighted by Crippen LogP contribution is -2.39. The van der Waals surface area contributed by atoms with E-state index < -0.39 is 12.0 Å². The predicted octanol–water partition coefficient (Wildman–Crippen LogP) is 4.78. The molecule has 0 amide bonds. The van der Waals surface area contributed by atoms with Crippen molar-refractivity contribution in [3.8, 4) is 5.75 Å². The number of nitrogens with zero attached hydrogens (tertiary/aromatic N) is 2. The lowest BCUT2D eigenvalue weighted by atomic mass is 9.96. The molecule has 0 radical (unpaired) electrons. The number of carbonyl (C=O) groups excluding carboxylic acids is 1. The summed E-state index contributed by atoms with van der Waals surface area (Å²) in [6.45, 7) is 3.78. The highest BCUT2D eigenvalue weighted by molar-refractivity contribution is 14.1. The topological polar surface area (TPSA) is 69.9 Å². The van der Waals surface area contributed by atoms with Crippen LogP contribution in [0.15, 0.2) is 61.9 Å². The molecule has 0 fully saturated rings. The van der Waals surface area contributed by atoms with E-state index >= 15 is 0 Å². The van der Waals surface area contributed by atoms with Crippen molar-refractivity contribution in [2.24, 2.45) is 4.99 Å². The van der Waals surface area contributed by atoms with E-state index in [-0.39, 0.29) is 12.2 Å². The van der Waals surface area contributed by atoms with Gasteiger partial charge in [-0.2, -0.15) is 0 Å². The van der Waals surface area contributed by atoms with Gasteiger partial charge in [-0.05, 0) is 100 Å². The van der Waals surface area contributed by atoms with Gasteiger partial charge in [-0.25, -0.2) is 9.79 Å². The van der Waals surface area contributed by atoms with Crippen molar-refractivity contribution >= 4 is 84.5 Å². The molecule has 34 heavy (non-hydrogen) atoms. The number of allylic oxidation sites excluding steroid dienone is 1. The number of hydrogen-bond acceptors (Lipinski definition) is 6. The largest absolute Gasteiger partial charge is 0.495 e. The fourth-order valence-electron chi connectivity index (χ4n) is 3.76. The summed E-state index contributed by atoms with van der Waals surface area (Å²) in [6, 6.07) is 10.9. The van der Waals surface area contributed by atoms with Crippen LogP contribution in [0, 0.1) is 7.14 Å². The summed E-state index contributed by atoms with van der Waals surface area (Å²) in [5.74, 6) is 0.343. The molecule has 1 aromatic heterocycles. The van der Waals surface area contributed by atoms with Gasteiger partial charge in [-0.3, -0.25) is 9.36 Å². The van der Waals surface area contributed by atoms with E-state index in [0.717, 1.165) is 28.5 Å². The maximum Gasteiger partial charge on any atom is 0.338 e. The van der Waals surface area contributed by atoms with E-state index in [9.17, 15) is 9.59 Å². The molecule has 6 nitrogen and oxygen atoms in total. The van der Waals surface area contributed by atoms with Crippen LogP contribution in [0.25, 0.3) is 6.08 Å². The van der Waals surface area contributed by atoms with Crippen molar-refractivity contribution in [3.63, 3.8) is 0 Å². The van der Waals surface area contributed by atoms with Gasteiger partial charge in [0.15, 0.2) is 4.80 Å². The summed E-state index contributed by atoms with van der Waals surface area (Å²) >= 11 is 9.21. The highest BCUT2D eigenvalue weighted by Crippen LogP contribution is 2.32. The molecule has 0 N–H and O–H groups in total. The molecule has 0 bridgehead atoms. The van der Waals surface area contributed by atoms with Crippen molar-refractivity contribution in [1.82, 2.24) is 4.57 Å². The maximum atomic E-state index is 13.7. The minimum Gasteiger partial charge on any atom is -0.495 e. The molecule has 4 rings (SSSR count). The van der Waals surface area contributed by atoms with Crippen LogP contribution in [0.4, 0.5) is 0 Å². The Morgan fingerprint density at radius 1 is 1.24 bits per heavy atom. The SMILES string of the molecule is CCOC(=O)C1=C(C)N=c2s/c(=C\c3cc(I)c(OC)c(I)c3)c(=O)n2[C@@H]1c1ccc(Br)cc1. The van der Waals surface area contributed by atoms with Gasteiger partial charge in [-0.15, -0.1) is 0 Å². The van der Waals surface area contributed by atoms with Crippen LogP contribution in [-0.4, -0.2) is 24.3 Å². The van der Waals surface area contributed by atoms with E-state index in [0.29, 0.717) is 20.6 Å². The third-order valence-corrected chi connectivity index (χ3v) is 8.34. The first-order chi connectivity index (χ1) is 16.2. The first-order valence-corrected chi connectivity index (χ1v) is 14.0. The molecule has 3 aromatic rings. The van der Waals surface area contributed by atoms with Gasteiger partial charge < -0.3 is 9.47 Å². The molecule has 0 saturated heterocycles. The number of aromatic nitrogens is 1. The van der Waals surface area contributed by atoms with Crippen molar-refractivity contribution < 1.29 is 14.3 Å². The van der Waals surface area contributed by atoms with E-state index in [4.69, 9.17) is 9.47 Å². The number of hydrogen-bond donors (Lipinski definition) is 0. The van der Waals surface area contributed by atoms with E-state index in [1.807, 2.05) is 42.5 Å². The Labute approximate surface area is 235 Å². The number of fused-ring (bicyclic) bond motifs is 1. The number of esters is 1. The molecule has 0 unspecified atom stereocenters. The maximum absolute atomic E-state index is 13.7. The summed E-state index contributed by atoms with van der Waals surface area (Å²) in [5.41, 5.74) is 2.42. The molecule has 2 aromatic carbocycles. The average molecular weight is 765 g/mol. The monoisotopic (exact) mass is 764 g/mol. The van der Waals surface area contributed by atoms with Gasteiger partial charge in [-0.1, -0.05) is 39.4 Å². The second-order valence-corrected chi connectivity index (χ2v) is 11.6. The minimum absolute atomic E-state index is 0.202. The molecule has 1 aliphatic rings. The summed E-state index contributed by atoms with van der Waals surface area (Å²) in [5, 5.41) is 0. The van der Waals surface area contributed by atoms with Crippen LogP contribution in [0.1, 0.15) is 31.0 Å². The zero-order valence-electron chi connectivity index (χ0n) is 18.4. The standard InChI is InChI=1S/C24H19BrI2N2O4S/c1-4-33-23(31)19-12(2)28-24-29(20(19)14-5-7-15(25)8-6-14)22(30)18(34-24)11-13-9-16(26)21(32-3)17(27)10-13/h5-11,20H,4H2,1-3H3/b18-11-/t20-/m1/s1. The lowest BCUT2D eigenvalue weighted by molar-refractivity contribution is -0.139. The van der Waals surface area contributed by atoms with Gasteiger partial charge in [0.2, 0.25) is 0 Å². The van der Waals surface area contributed by atoms with Crippen LogP contribution in [0.3, 0.4) is 0 Å². The highest BCUT2D eigenvalue weighted by Gasteiger charge is 2.33. The zero-order chi connectivity index (χ0) is 24.6. The number of thiazole rings is 1. The summed E-state index contributed by atoms with van der Waals surface area (Å²) in [6.07, 6.45) is 1.86. The molecule has 1 atom stereocenters. The molecule has 2 heterocycles. The average Bonchev–Trinajstić information content (AvgIpc) is 3.08. The van der Waals surface area contributed by atoms with Gasteiger partial charge in [0.25, 0.3) is 5.56 Å². The normalized spacial score (nSPS) is 15.7. The van der Waals surface area contributed by atoms with Crippen LogP contribution < -0.4 is 19.6 Å². The third kappa shape index (κ3) is 4.91. The van der Waals surface area contributed by atoms with Crippen LogP contribution >= 0.6 is 72.4 Å². The van der Waals surface area contributed by atoms with Crippen molar-refractivity contribution in [2.75, 3.05) is 13.7 Å². The molecule has 1 aliphatic heterocycles. The minimum atomic E-state index is -0.623. The van der Waals surface area contributed by atoms with Gasteiger partial charge in [0.1, 0.15) is 5.75 Å². The Morgan fingerprint density at radius 3 is 2.47 bits per heavy atom. The molecule has 0 aliphatic carbocycles. The van der Waals surface area contributed by atoms with Crippen LogP contribution in [0.5, 0.6) is 5.75 Å². The van der Waals surface area contributed by atoms with E-state index in [1.54, 1.807) is 25.5 Å². The number of carbonyl (C=O) groups is 1. The summed E-state index contributed by atoms with van der Waals surface area (Å²) in [4.78, 5) is 31.8. The Bertz CT molecular complexity index is 1470. The molecular formula is C24H19BrI2N2O4S. The molecule has 0 spiro atoms.